The Bertz CT molecular complexity index is 762. The highest BCUT2D eigenvalue weighted by atomic mass is 35.5. The Kier molecular flexibility index (Phi) is 7.12. The Morgan fingerprint density at radius 1 is 1.04 bits per heavy atom. The minimum atomic E-state index is -0.404. The van der Waals surface area contributed by atoms with E-state index in [-0.39, 0.29) is 24.4 Å². The first-order valence-corrected chi connectivity index (χ1v) is 8.20. The van der Waals surface area contributed by atoms with Crippen LogP contribution in [0, 0.1) is 5.82 Å². The Morgan fingerprint density at radius 2 is 1.73 bits per heavy atom. The number of ether oxygens (including phenoxy) is 1. The topological polar surface area (TPSA) is 67.4 Å². The number of rotatable bonds is 4. The largest absolute Gasteiger partial charge is 0.459 e. The maximum absolute atomic E-state index is 12.9. The molecule has 0 spiro atoms. The van der Waals surface area contributed by atoms with Crippen LogP contribution in [0.3, 0.4) is 0 Å². The molecule has 5 nitrogen and oxygen atoms in total. The second-order valence-corrected chi connectivity index (χ2v) is 5.90. The summed E-state index contributed by atoms with van der Waals surface area (Å²) in [4.78, 5) is 24.4. The number of carbonyl (C=O) groups excluding carboxylic acids is 2. The van der Waals surface area contributed by atoms with E-state index in [9.17, 15) is 14.0 Å². The molecule has 2 aromatic carbocycles. The zero-order valence-corrected chi connectivity index (χ0v) is 14.9. The van der Waals surface area contributed by atoms with Crippen LogP contribution in [-0.4, -0.2) is 31.1 Å². The van der Waals surface area contributed by atoms with Crippen molar-refractivity contribution in [1.29, 1.82) is 0 Å². The summed E-state index contributed by atoms with van der Waals surface area (Å²) in [6.45, 7) is 1.68. The molecule has 1 fully saturated rings. The van der Waals surface area contributed by atoms with Crippen molar-refractivity contribution in [2.75, 3.05) is 18.4 Å². The number of hydrogen-bond acceptors (Lipinski definition) is 4. The molecule has 0 aromatic heterocycles. The Morgan fingerprint density at radius 3 is 2.42 bits per heavy atom. The number of hydrogen-bond donors (Lipinski definition) is 2. The van der Waals surface area contributed by atoms with Crippen molar-refractivity contribution in [1.82, 2.24) is 5.32 Å². The van der Waals surface area contributed by atoms with Gasteiger partial charge in [-0.1, -0.05) is 6.07 Å². The normalized spacial score (nSPS) is 14.2. The van der Waals surface area contributed by atoms with E-state index in [0.29, 0.717) is 16.8 Å². The third-order valence-corrected chi connectivity index (χ3v) is 4.02. The van der Waals surface area contributed by atoms with Gasteiger partial charge in [-0.15, -0.1) is 12.4 Å². The van der Waals surface area contributed by atoms with Crippen molar-refractivity contribution in [2.24, 2.45) is 0 Å². The second-order valence-electron chi connectivity index (χ2n) is 5.90. The SMILES string of the molecule is Cl.O=C(Nc1cccc(C(=O)OC2CCNCC2)c1)c1ccc(F)cc1. The Labute approximate surface area is 157 Å². The number of halogens is 2. The lowest BCUT2D eigenvalue weighted by Crippen LogP contribution is -2.33. The van der Waals surface area contributed by atoms with E-state index in [4.69, 9.17) is 4.74 Å². The standard InChI is InChI=1S/C19H19FN2O3.ClH/c20-15-6-4-13(5-7-15)18(23)22-16-3-1-2-14(12-16)19(24)25-17-8-10-21-11-9-17;/h1-7,12,17,21H,8-11H2,(H,22,23);1H. The van der Waals surface area contributed by atoms with Gasteiger partial charge in [-0.2, -0.15) is 0 Å². The molecule has 2 aromatic rings. The van der Waals surface area contributed by atoms with Crippen molar-refractivity contribution in [2.45, 2.75) is 18.9 Å². The molecular formula is C19H20ClFN2O3. The molecule has 1 heterocycles. The molecule has 138 valence electrons. The van der Waals surface area contributed by atoms with Gasteiger partial charge in [0.25, 0.3) is 5.91 Å². The molecule has 1 amide bonds. The first kappa shape index (κ1) is 19.9. The fourth-order valence-electron chi connectivity index (χ4n) is 2.66. The fraction of sp³-hybridized carbons (Fsp3) is 0.263. The maximum Gasteiger partial charge on any atom is 0.338 e. The summed E-state index contributed by atoms with van der Waals surface area (Å²) in [6, 6.07) is 11.8. The number of carbonyl (C=O) groups is 2. The molecule has 0 bridgehead atoms. The van der Waals surface area contributed by atoms with Crippen LogP contribution < -0.4 is 10.6 Å². The van der Waals surface area contributed by atoms with Gasteiger partial charge in [-0.25, -0.2) is 9.18 Å². The molecule has 26 heavy (non-hydrogen) atoms. The quantitative estimate of drug-likeness (QED) is 0.800. The van der Waals surface area contributed by atoms with Crippen LogP contribution in [-0.2, 0) is 4.74 Å². The van der Waals surface area contributed by atoms with Crippen molar-refractivity contribution in [3.8, 4) is 0 Å². The molecule has 1 aliphatic rings. The molecule has 0 saturated carbocycles. The van der Waals surface area contributed by atoms with Crippen LogP contribution in [0.25, 0.3) is 0 Å². The van der Waals surface area contributed by atoms with Gasteiger partial charge < -0.3 is 15.4 Å². The minimum Gasteiger partial charge on any atom is -0.459 e. The van der Waals surface area contributed by atoms with Gasteiger partial charge in [0.2, 0.25) is 0 Å². The van der Waals surface area contributed by atoms with Gasteiger partial charge in [0.1, 0.15) is 11.9 Å². The first-order chi connectivity index (χ1) is 12.1. The molecule has 2 N–H and O–H groups in total. The van der Waals surface area contributed by atoms with E-state index in [2.05, 4.69) is 10.6 Å². The average molecular weight is 379 g/mol. The fourth-order valence-corrected chi connectivity index (χ4v) is 2.66. The summed E-state index contributed by atoms with van der Waals surface area (Å²) in [6.07, 6.45) is 1.52. The lowest BCUT2D eigenvalue weighted by molar-refractivity contribution is 0.0229. The van der Waals surface area contributed by atoms with E-state index in [1.807, 2.05) is 0 Å². The van der Waals surface area contributed by atoms with E-state index >= 15 is 0 Å². The van der Waals surface area contributed by atoms with Gasteiger partial charge in [0, 0.05) is 11.3 Å². The smallest absolute Gasteiger partial charge is 0.338 e. The van der Waals surface area contributed by atoms with Crippen molar-refractivity contribution in [3.63, 3.8) is 0 Å². The van der Waals surface area contributed by atoms with Gasteiger partial charge in [0.05, 0.1) is 5.56 Å². The molecule has 0 aliphatic carbocycles. The average Bonchev–Trinajstić information content (AvgIpc) is 2.63. The van der Waals surface area contributed by atoms with E-state index in [1.165, 1.54) is 24.3 Å². The Hall–Kier alpha value is -2.44. The van der Waals surface area contributed by atoms with Crippen molar-refractivity contribution in [3.05, 3.63) is 65.5 Å². The highest BCUT2D eigenvalue weighted by molar-refractivity contribution is 6.04. The zero-order chi connectivity index (χ0) is 17.6. The van der Waals surface area contributed by atoms with Crippen molar-refractivity contribution < 1.29 is 18.7 Å². The summed E-state index contributed by atoms with van der Waals surface area (Å²) >= 11 is 0. The zero-order valence-electron chi connectivity index (χ0n) is 14.0. The van der Waals surface area contributed by atoms with Crippen LogP contribution in [0.4, 0.5) is 10.1 Å². The van der Waals surface area contributed by atoms with Crippen LogP contribution >= 0.6 is 12.4 Å². The van der Waals surface area contributed by atoms with E-state index < -0.39 is 11.8 Å². The van der Waals surface area contributed by atoms with E-state index in [0.717, 1.165) is 25.9 Å². The Balaban J connectivity index is 0.00000243. The number of nitrogens with one attached hydrogen (secondary N) is 2. The number of benzene rings is 2. The molecule has 7 heteroatoms. The molecule has 1 saturated heterocycles. The summed E-state index contributed by atoms with van der Waals surface area (Å²) in [5, 5.41) is 5.91. The lowest BCUT2D eigenvalue weighted by Gasteiger charge is -2.22. The van der Waals surface area contributed by atoms with Gasteiger partial charge in [-0.05, 0) is 68.4 Å². The predicted octanol–water partition coefficient (Wildman–Crippen LogP) is 3.41. The lowest BCUT2D eigenvalue weighted by atomic mass is 10.1. The highest BCUT2D eigenvalue weighted by Gasteiger charge is 2.18. The van der Waals surface area contributed by atoms with Crippen LogP contribution in [0.5, 0.6) is 0 Å². The third kappa shape index (κ3) is 5.28. The summed E-state index contributed by atoms with van der Waals surface area (Å²) in [7, 11) is 0. The molecule has 0 unspecified atom stereocenters. The maximum atomic E-state index is 12.9. The van der Waals surface area contributed by atoms with Crippen LogP contribution in [0.2, 0.25) is 0 Å². The van der Waals surface area contributed by atoms with E-state index in [1.54, 1.807) is 24.3 Å². The molecular weight excluding hydrogens is 359 g/mol. The van der Waals surface area contributed by atoms with Gasteiger partial charge in [-0.3, -0.25) is 4.79 Å². The first-order valence-electron chi connectivity index (χ1n) is 8.20. The van der Waals surface area contributed by atoms with Crippen LogP contribution in [0.1, 0.15) is 33.6 Å². The number of amides is 1. The van der Waals surface area contributed by atoms with Crippen molar-refractivity contribution >= 4 is 30.0 Å². The highest BCUT2D eigenvalue weighted by Crippen LogP contribution is 2.16. The third-order valence-electron chi connectivity index (χ3n) is 4.02. The number of esters is 1. The summed E-state index contributed by atoms with van der Waals surface area (Å²) in [5.41, 5.74) is 1.20. The number of piperidine rings is 1. The summed E-state index contributed by atoms with van der Waals surface area (Å²) < 4.78 is 18.4. The molecule has 3 rings (SSSR count). The van der Waals surface area contributed by atoms with Gasteiger partial charge in [0.15, 0.2) is 0 Å². The minimum absolute atomic E-state index is 0. The second kappa shape index (κ2) is 9.31. The number of anilines is 1. The molecule has 0 atom stereocenters. The monoisotopic (exact) mass is 378 g/mol. The molecule has 1 aliphatic heterocycles. The van der Waals surface area contributed by atoms with Crippen LogP contribution in [0.15, 0.2) is 48.5 Å². The van der Waals surface area contributed by atoms with Gasteiger partial charge >= 0.3 is 5.97 Å². The molecule has 0 radical (unpaired) electrons. The predicted molar refractivity (Wildman–Crippen MR) is 99.4 cm³/mol. The summed E-state index contributed by atoms with van der Waals surface area (Å²) in [5.74, 6) is -1.17.